The van der Waals surface area contributed by atoms with Crippen molar-refractivity contribution in [3.63, 3.8) is 0 Å². The fourth-order valence-electron chi connectivity index (χ4n) is 3.12. The third-order valence-corrected chi connectivity index (χ3v) is 4.49. The highest BCUT2D eigenvalue weighted by Crippen LogP contribution is 2.20. The summed E-state index contributed by atoms with van der Waals surface area (Å²) in [5.74, 6) is 1.76. The third kappa shape index (κ3) is 3.92. The van der Waals surface area contributed by atoms with Gasteiger partial charge >= 0.3 is 0 Å². The molecule has 138 valence electrons. The number of nitrogens with zero attached hydrogens (tertiary/aromatic N) is 4. The lowest BCUT2D eigenvalue weighted by molar-refractivity contribution is 0.0714. The van der Waals surface area contributed by atoms with Crippen LogP contribution in [0.3, 0.4) is 0 Å². The Hall–Kier alpha value is -3.35. The van der Waals surface area contributed by atoms with Gasteiger partial charge in [-0.3, -0.25) is 4.79 Å². The molecule has 1 fully saturated rings. The first kappa shape index (κ1) is 17.1. The molecule has 0 atom stereocenters. The maximum absolute atomic E-state index is 12.4. The Kier molecular flexibility index (Phi) is 4.74. The first-order chi connectivity index (χ1) is 13.2. The first-order valence-corrected chi connectivity index (χ1v) is 8.94. The average Bonchev–Trinajstić information content (AvgIpc) is 3.23. The van der Waals surface area contributed by atoms with Crippen molar-refractivity contribution in [3.05, 3.63) is 66.2 Å². The van der Waals surface area contributed by atoms with Gasteiger partial charge in [-0.25, -0.2) is 4.98 Å². The quantitative estimate of drug-likeness (QED) is 0.768. The predicted molar refractivity (Wildman–Crippen MR) is 103 cm³/mol. The van der Waals surface area contributed by atoms with Crippen LogP contribution < -0.4 is 10.2 Å². The lowest BCUT2D eigenvalue weighted by Crippen LogP contribution is -2.49. The van der Waals surface area contributed by atoms with E-state index in [-0.39, 0.29) is 5.91 Å². The van der Waals surface area contributed by atoms with Crippen LogP contribution in [-0.4, -0.2) is 47.0 Å². The molecule has 27 heavy (non-hydrogen) atoms. The van der Waals surface area contributed by atoms with Gasteiger partial charge in [-0.05, 0) is 31.2 Å². The minimum absolute atomic E-state index is 0.0649. The number of anilines is 3. The number of rotatable bonds is 4. The second kappa shape index (κ2) is 7.49. The van der Waals surface area contributed by atoms with Crippen molar-refractivity contribution >= 4 is 23.4 Å². The van der Waals surface area contributed by atoms with Crippen molar-refractivity contribution in [2.45, 2.75) is 6.92 Å². The van der Waals surface area contributed by atoms with Crippen LogP contribution in [0.5, 0.6) is 0 Å². The Labute approximate surface area is 157 Å². The maximum atomic E-state index is 12.4. The van der Waals surface area contributed by atoms with Crippen molar-refractivity contribution in [2.75, 3.05) is 36.4 Å². The van der Waals surface area contributed by atoms with Gasteiger partial charge < -0.3 is 19.5 Å². The molecule has 3 heterocycles. The number of piperazine rings is 1. The van der Waals surface area contributed by atoms with Crippen LogP contribution in [0.1, 0.15) is 16.2 Å². The zero-order chi connectivity index (χ0) is 18.6. The van der Waals surface area contributed by atoms with E-state index in [4.69, 9.17) is 4.42 Å². The van der Waals surface area contributed by atoms with Crippen molar-refractivity contribution in [1.29, 1.82) is 0 Å². The van der Waals surface area contributed by atoms with Gasteiger partial charge in [0, 0.05) is 43.6 Å². The summed E-state index contributed by atoms with van der Waals surface area (Å²) in [6, 6.07) is 15.3. The highest BCUT2D eigenvalue weighted by molar-refractivity contribution is 5.91. The number of carbonyl (C=O) groups is 1. The summed E-state index contributed by atoms with van der Waals surface area (Å²) in [5, 5.41) is 3.24. The Morgan fingerprint density at radius 2 is 1.81 bits per heavy atom. The number of aromatic nitrogens is 2. The number of para-hydroxylation sites is 1. The molecule has 3 aromatic rings. The van der Waals surface area contributed by atoms with Crippen molar-refractivity contribution in [2.24, 2.45) is 0 Å². The number of aryl methyl sites for hydroxylation is 1. The van der Waals surface area contributed by atoms with Crippen LogP contribution in [0, 0.1) is 6.92 Å². The standard InChI is InChI=1S/C20H21N5O2/c1-15-14-18(23-20(21-15)22-16-6-3-2-4-7-16)24-9-11-25(12-10-24)19(26)17-8-5-13-27-17/h2-8,13-14H,9-12H2,1H3,(H,21,22,23). The van der Waals surface area contributed by atoms with E-state index in [0.717, 1.165) is 17.2 Å². The zero-order valence-electron chi connectivity index (χ0n) is 15.1. The molecular weight excluding hydrogens is 342 g/mol. The van der Waals surface area contributed by atoms with E-state index in [1.54, 1.807) is 12.1 Å². The molecular formula is C20H21N5O2. The Balaban J connectivity index is 1.44. The van der Waals surface area contributed by atoms with E-state index >= 15 is 0 Å². The number of carbonyl (C=O) groups excluding carboxylic acids is 1. The molecule has 0 radical (unpaired) electrons. The SMILES string of the molecule is Cc1cc(N2CCN(C(=O)c3ccco3)CC2)nc(Nc2ccccc2)n1. The molecule has 0 spiro atoms. The van der Waals surface area contributed by atoms with E-state index in [2.05, 4.69) is 20.2 Å². The van der Waals surface area contributed by atoms with Gasteiger partial charge in [-0.2, -0.15) is 4.98 Å². The summed E-state index contributed by atoms with van der Waals surface area (Å²) in [5.41, 5.74) is 1.84. The van der Waals surface area contributed by atoms with Gasteiger partial charge in [0.2, 0.25) is 5.95 Å². The molecule has 0 aliphatic carbocycles. The lowest BCUT2D eigenvalue weighted by Gasteiger charge is -2.35. The number of furan rings is 1. The van der Waals surface area contributed by atoms with Crippen molar-refractivity contribution < 1.29 is 9.21 Å². The van der Waals surface area contributed by atoms with Crippen LogP contribution >= 0.6 is 0 Å². The molecule has 4 rings (SSSR count). The smallest absolute Gasteiger partial charge is 0.289 e. The Morgan fingerprint density at radius 3 is 2.52 bits per heavy atom. The highest BCUT2D eigenvalue weighted by Gasteiger charge is 2.24. The van der Waals surface area contributed by atoms with Gasteiger partial charge in [0.1, 0.15) is 5.82 Å². The Morgan fingerprint density at radius 1 is 1.04 bits per heavy atom. The molecule has 0 bridgehead atoms. The summed E-state index contributed by atoms with van der Waals surface area (Å²) < 4.78 is 5.21. The normalized spacial score (nSPS) is 14.3. The summed E-state index contributed by atoms with van der Waals surface area (Å²) in [7, 11) is 0. The second-order valence-corrected chi connectivity index (χ2v) is 6.44. The summed E-state index contributed by atoms with van der Waals surface area (Å²) in [6.45, 7) is 4.65. The monoisotopic (exact) mass is 363 g/mol. The topological polar surface area (TPSA) is 74.5 Å². The van der Waals surface area contributed by atoms with Crippen LogP contribution in [-0.2, 0) is 0 Å². The van der Waals surface area contributed by atoms with Crippen molar-refractivity contribution in [1.82, 2.24) is 14.9 Å². The molecule has 0 unspecified atom stereocenters. The predicted octanol–water partition coefficient (Wildman–Crippen LogP) is 3.08. The zero-order valence-corrected chi connectivity index (χ0v) is 15.1. The molecule has 0 saturated carbocycles. The first-order valence-electron chi connectivity index (χ1n) is 8.94. The second-order valence-electron chi connectivity index (χ2n) is 6.44. The van der Waals surface area contributed by atoms with Gasteiger partial charge in [0.15, 0.2) is 5.76 Å². The molecule has 1 aliphatic heterocycles. The molecule has 2 aromatic heterocycles. The van der Waals surface area contributed by atoms with Gasteiger partial charge in [0.25, 0.3) is 5.91 Å². The fraction of sp³-hybridized carbons (Fsp3) is 0.250. The third-order valence-electron chi connectivity index (χ3n) is 4.49. The fourth-order valence-corrected chi connectivity index (χ4v) is 3.12. The number of nitrogens with one attached hydrogen (secondary N) is 1. The molecule has 7 heteroatoms. The maximum Gasteiger partial charge on any atom is 0.289 e. The molecule has 1 aliphatic rings. The highest BCUT2D eigenvalue weighted by atomic mass is 16.3. The summed E-state index contributed by atoms with van der Waals surface area (Å²) in [4.78, 5) is 25.5. The van der Waals surface area contributed by atoms with Gasteiger partial charge in [-0.15, -0.1) is 0 Å². The Bertz CT molecular complexity index is 903. The molecule has 1 saturated heterocycles. The van der Waals surface area contributed by atoms with E-state index in [1.165, 1.54) is 6.26 Å². The molecule has 1 aromatic carbocycles. The lowest BCUT2D eigenvalue weighted by atomic mass is 10.2. The van der Waals surface area contributed by atoms with E-state index in [0.29, 0.717) is 37.9 Å². The van der Waals surface area contributed by atoms with Crippen LogP contribution in [0.2, 0.25) is 0 Å². The number of hydrogen-bond donors (Lipinski definition) is 1. The van der Waals surface area contributed by atoms with Crippen LogP contribution in [0.25, 0.3) is 0 Å². The van der Waals surface area contributed by atoms with Gasteiger partial charge in [0.05, 0.1) is 6.26 Å². The van der Waals surface area contributed by atoms with Crippen LogP contribution in [0.15, 0.2) is 59.2 Å². The number of benzene rings is 1. The molecule has 7 nitrogen and oxygen atoms in total. The summed E-state index contributed by atoms with van der Waals surface area (Å²) in [6.07, 6.45) is 1.52. The van der Waals surface area contributed by atoms with E-state index in [9.17, 15) is 4.79 Å². The number of hydrogen-bond acceptors (Lipinski definition) is 6. The molecule has 1 amide bonds. The minimum atomic E-state index is -0.0649. The summed E-state index contributed by atoms with van der Waals surface area (Å²) >= 11 is 0. The minimum Gasteiger partial charge on any atom is -0.459 e. The number of amides is 1. The van der Waals surface area contributed by atoms with Gasteiger partial charge in [-0.1, -0.05) is 18.2 Å². The van der Waals surface area contributed by atoms with Crippen LogP contribution in [0.4, 0.5) is 17.5 Å². The van der Waals surface area contributed by atoms with Crippen molar-refractivity contribution in [3.8, 4) is 0 Å². The van der Waals surface area contributed by atoms with E-state index < -0.39 is 0 Å². The molecule has 1 N–H and O–H groups in total. The largest absolute Gasteiger partial charge is 0.459 e. The average molecular weight is 363 g/mol. The van der Waals surface area contributed by atoms with E-state index in [1.807, 2.05) is 48.2 Å².